The van der Waals surface area contributed by atoms with E-state index in [-0.39, 0.29) is 22.6 Å². The van der Waals surface area contributed by atoms with Gasteiger partial charge in [0.15, 0.2) is 0 Å². The van der Waals surface area contributed by atoms with Gasteiger partial charge in [-0.2, -0.15) is 0 Å². The van der Waals surface area contributed by atoms with Crippen LogP contribution in [0.25, 0.3) is 0 Å². The van der Waals surface area contributed by atoms with E-state index >= 15 is 0 Å². The van der Waals surface area contributed by atoms with Gasteiger partial charge in [0, 0.05) is 29.3 Å². The van der Waals surface area contributed by atoms with E-state index in [0.717, 1.165) is 5.56 Å². The highest BCUT2D eigenvalue weighted by molar-refractivity contribution is 7.89. The van der Waals surface area contributed by atoms with Crippen molar-refractivity contribution < 1.29 is 22.4 Å². The van der Waals surface area contributed by atoms with Gasteiger partial charge in [0.25, 0.3) is 5.91 Å². The Kier molecular flexibility index (Phi) is 7.47. The van der Waals surface area contributed by atoms with Crippen molar-refractivity contribution in [3.05, 3.63) is 95.8 Å². The largest absolute Gasteiger partial charge is 0.326 e. The van der Waals surface area contributed by atoms with E-state index in [0.29, 0.717) is 24.2 Å². The predicted molar refractivity (Wildman–Crippen MR) is 140 cm³/mol. The van der Waals surface area contributed by atoms with Crippen LogP contribution in [0, 0.1) is 5.82 Å². The lowest BCUT2D eigenvalue weighted by Crippen LogP contribution is -2.43. The van der Waals surface area contributed by atoms with Crippen LogP contribution in [0.15, 0.2) is 83.8 Å². The molecule has 0 aliphatic carbocycles. The highest BCUT2D eigenvalue weighted by Crippen LogP contribution is 2.33. The fourth-order valence-corrected chi connectivity index (χ4v) is 5.86. The van der Waals surface area contributed by atoms with Gasteiger partial charge >= 0.3 is 0 Å². The van der Waals surface area contributed by atoms with Gasteiger partial charge in [-0.05, 0) is 81.3 Å². The molecule has 37 heavy (non-hydrogen) atoms. The first-order valence-corrected chi connectivity index (χ1v) is 13.5. The Balaban J connectivity index is 1.55. The maximum absolute atomic E-state index is 13.4. The third-order valence-corrected chi connectivity index (χ3v) is 7.87. The van der Waals surface area contributed by atoms with Crippen molar-refractivity contribution in [1.29, 1.82) is 0 Å². The lowest BCUT2D eigenvalue weighted by Gasteiger charge is -2.24. The molecule has 3 aromatic carbocycles. The van der Waals surface area contributed by atoms with Crippen molar-refractivity contribution in [1.82, 2.24) is 9.62 Å². The van der Waals surface area contributed by atoms with Gasteiger partial charge in [-0.25, -0.2) is 17.5 Å². The summed E-state index contributed by atoms with van der Waals surface area (Å²) >= 11 is 0. The highest BCUT2D eigenvalue weighted by atomic mass is 32.2. The zero-order chi connectivity index (χ0) is 26.8. The van der Waals surface area contributed by atoms with Gasteiger partial charge in [0.05, 0.1) is 4.90 Å². The number of anilines is 1. The highest BCUT2D eigenvalue weighted by Gasteiger charge is 2.40. The van der Waals surface area contributed by atoms with Gasteiger partial charge in [0.2, 0.25) is 15.9 Å². The first-order chi connectivity index (χ1) is 17.4. The molecule has 0 aromatic heterocycles. The molecule has 0 bridgehead atoms. The Morgan fingerprint density at radius 2 is 1.54 bits per heavy atom. The van der Waals surface area contributed by atoms with E-state index in [1.807, 2.05) is 30.3 Å². The second-order valence-corrected chi connectivity index (χ2v) is 11.9. The van der Waals surface area contributed by atoms with Crippen molar-refractivity contribution in [2.45, 2.75) is 49.6 Å². The van der Waals surface area contributed by atoms with Crippen molar-refractivity contribution in [2.75, 3.05) is 11.9 Å². The summed E-state index contributed by atoms with van der Waals surface area (Å²) in [6, 6.07) is 20.1. The molecule has 2 unspecified atom stereocenters. The first kappa shape index (κ1) is 26.5. The standard InChI is InChI=1S/C28H30FN3O4S/c1-28(2,3)31-37(35,36)24-15-13-23(14-16-24)30-26(33)25-17-21(19-7-5-4-6-8-19)18-32(25)27(34)20-9-11-22(29)12-10-20/h4-16,21,25,31H,17-18H2,1-3H3,(H,30,33). The second kappa shape index (κ2) is 10.4. The topological polar surface area (TPSA) is 95.6 Å². The summed E-state index contributed by atoms with van der Waals surface area (Å²) in [6.45, 7) is 5.60. The molecule has 1 fully saturated rings. The quantitative estimate of drug-likeness (QED) is 0.496. The molecule has 7 nitrogen and oxygen atoms in total. The van der Waals surface area contributed by atoms with Crippen LogP contribution in [0.4, 0.5) is 10.1 Å². The minimum Gasteiger partial charge on any atom is -0.326 e. The van der Waals surface area contributed by atoms with E-state index in [2.05, 4.69) is 10.0 Å². The number of benzene rings is 3. The molecule has 0 spiro atoms. The normalized spacial score (nSPS) is 18.0. The molecule has 194 valence electrons. The van der Waals surface area contributed by atoms with Crippen LogP contribution in [0.1, 0.15) is 49.0 Å². The maximum Gasteiger partial charge on any atom is 0.254 e. The smallest absolute Gasteiger partial charge is 0.254 e. The molecular formula is C28H30FN3O4S. The molecule has 1 aliphatic rings. The van der Waals surface area contributed by atoms with Gasteiger partial charge < -0.3 is 10.2 Å². The molecule has 2 atom stereocenters. The van der Waals surface area contributed by atoms with Crippen molar-refractivity contribution in [3.8, 4) is 0 Å². The lowest BCUT2D eigenvalue weighted by molar-refractivity contribution is -0.119. The van der Waals surface area contributed by atoms with Crippen LogP contribution in [-0.4, -0.2) is 43.3 Å². The molecule has 0 radical (unpaired) electrons. The van der Waals surface area contributed by atoms with Crippen molar-refractivity contribution >= 4 is 27.5 Å². The van der Waals surface area contributed by atoms with Gasteiger partial charge in [-0.15, -0.1) is 0 Å². The van der Waals surface area contributed by atoms with Crippen LogP contribution < -0.4 is 10.0 Å². The van der Waals surface area contributed by atoms with Gasteiger partial charge in [0.1, 0.15) is 11.9 Å². The Hall–Kier alpha value is -3.56. The lowest BCUT2D eigenvalue weighted by atomic mass is 9.96. The number of rotatable bonds is 6. The van der Waals surface area contributed by atoms with Gasteiger partial charge in [-0.1, -0.05) is 30.3 Å². The summed E-state index contributed by atoms with van der Waals surface area (Å²) in [5, 5.41) is 2.82. The van der Waals surface area contributed by atoms with Gasteiger partial charge in [-0.3, -0.25) is 9.59 Å². The minimum atomic E-state index is -3.71. The molecule has 9 heteroatoms. The van der Waals surface area contributed by atoms with Crippen LogP contribution in [0.2, 0.25) is 0 Å². The minimum absolute atomic E-state index is 0.0441. The zero-order valence-electron chi connectivity index (χ0n) is 20.9. The maximum atomic E-state index is 13.4. The Labute approximate surface area is 216 Å². The molecule has 1 aliphatic heterocycles. The number of nitrogens with one attached hydrogen (secondary N) is 2. The molecule has 2 N–H and O–H groups in total. The number of likely N-dealkylation sites (tertiary alicyclic amines) is 1. The number of hydrogen-bond acceptors (Lipinski definition) is 4. The summed E-state index contributed by atoms with van der Waals surface area (Å²) in [5.41, 5.74) is 1.10. The Morgan fingerprint density at radius 1 is 0.919 bits per heavy atom. The summed E-state index contributed by atoms with van der Waals surface area (Å²) < 4.78 is 41.1. The van der Waals surface area contributed by atoms with E-state index in [1.54, 1.807) is 20.8 Å². The Bertz CT molecular complexity index is 1370. The molecular weight excluding hydrogens is 493 g/mol. The number of amides is 2. The summed E-state index contributed by atoms with van der Waals surface area (Å²) in [6.07, 6.45) is 0.421. The third kappa shape index (κ3) is 6.42. The first-order valence-electron chi connectivity index (χ1n) is 12.0. The van der Waals surface area contributed by atoms with Crippen LogP contribution >= 0.6 is 0 Å². The van der Waals surface area contributed by atoms with E-state index in [1.165, 1.54) is 53.4 Å². The zero-order valence-corrected chi connectivity index (χ0v) is 21.8. The fourth-order valence-electron chi connectivity index (χ4n) is 4.44. The molecule has 1 heterocycles. The van der Waals surface area contributed by atoms with Crippen LogP contribution in [-0.2, 0) is 14.8 Å². The number of sulfonamides is 1. The van der Waals surface area contributed by atoms with Crippen LogP contribution in [0.5, 0.6) is 0 Å². The predicted octanol–water partition coefficient (Wildman–Crippen LogP) is 4.54. The molecule has 1 saturated heterocycles. The van der Waals surface area contributed by atoms with Crippen molar-refractivity contribution in [3.63, 3.8) is 0 Å². The Morgan fingerprint density at radius 3 is 2.14 bits per heavy atom. The van der Waals surface area contributed by atoms with E-state index in [4.69, 9.17) is 0 Å². The fraction of sp³-hybridized carbons (Fsp3) is 0.286. The molecule has 4 rings (SSSR count). The summed E-state index contributed by atoms with van der Waals surface area (Å²) in [7, 11) is -3.71. The molecule has 2 amide bonds. The number of carbonyl (C=O) groups is 2. The van der Waals surface area contributed by atoms with E-state index < -0.39 is 27.4 Å². The average Bonchev–Trinajstić information content (AvgIpc) is 3.29. The number of carbonyl (C=O) groups excluding carboxylic acids is 2. The SMILES string of the molecule is CC(C)(C)NS(=O)(=O)c1ccc(NC(=O)C2CC(c3ccccc3)CN2C(=O)c2ccc(F)cc2)cc1. The van der Waals surface area contributed by atoms with E-state index in [9.17, 15) is 22.4 Å². The van der Waals surface area contributed by atoms with Crippen LogP contribution in [0.3, 0.4) is 0 Å². The molecule has 0 saturated carbocycles. The second-order valence-electron chi connectivity index (χ2n) is 10.2. The van der Waals surface area contributed by atoms with Crippen molar-refractivity contribution in [2.24, 2.45) is 0 Å². The summed E-state index contributed by atoms with van der Waals surface area (Å²) in [5.74, 6) is -1.22. The third-order valence-electron chi connectivity index (χ3n) is 6.10. The monoisotopic (exact) mass is 523 g/mol. The molecule has 3 aromatic rings. The number of halogens is 1. The number of hydrogen-bond donors (Lipinski definition) is 2. The average molecular weight is 524 g/mol. The number of nitrogens with zero attached hydrogens (tertiary/aromatic N) is 1. The summed E-state index contributed by atoms with van der Waals surface area (Å²) in [4.78, 5) is 28.3.